The molecule has 0 aliphatic heterocycles. The van der Waals surface area contributed by atoms with Crippen LogP contribution in [0.4, 0.5) is 4.39 Å². The van der Waals surface area contributed by atoms with Crippen molar-refractivity contribution in [1.29, 1.82) is 0 Å². The zero-order valence-corrected chi connectivity index (χ0v) is 13.4. The third-order valence-electron chi connectivity index (χ3n) is 3.43. The minimum Gasteiger partial charge on any atom is -0.392 e. The number of hydrogen-bond donors (Lipinski definition) is 2. The Hall–Kier alpha value is -1.05. The standard InChI is InChI=1S/C13H19FN2O2S2/c1-4-13(5-2,12(15)19)16-20(17,18)11-7-6-10(14)8-9(11)3/h6-8,16H,4-5H2,1-3H3,(H2,15,19). The topological polar surface area (TPSA) is 72.2 Å². The first kappa shape index (κ1) is 17.0. The Balaban J connectivity index is 3.27. The summed E-state index contributed by atoms with van der Waals surface area (Å²) >= 11 is 4.99. The molecule has 1 aromatic carbocycles. The van der Waals surface area contributed by atoms with E-state index >= 15 is 0 Å². The fraction of sp³-hybridized carbons (Fsp3) is 0.462. The van der Waals surface area contributed by atoms with Crippen LogP contribution in [0.3, 0.4) is 0 Å². The second kappa shape index (κ2) is 6.15. The normalized spacial score (nSPS) is 12.4. The van der Waals surface area contributed by atoms with Gasteiger partial charge >= 0.3 is 0 Å². The largest absolute Gasteiger partial charge is 0.392 e. The van der Waals surface area contributed by atoms with Gasteiger partial charge in [0.05, 0.1) is 15.4 Å². The molecule has 0 fully saturated rings. The van der Waals surface area contributed by atoms with Crippen LogP contribution in [-0.4, -0.2) is 18.9 Å². The molecule has 0 spiro atoms. The zero-order chi connectivity index (χ0) is 15.6. The summed E-state index contributed by atoms with van der Waals surface area (Å²) in [6, 6.07) is 3.53. The van der Waals surface area contributed by atoms with E-state index in [-0.39, 0.29) is 9.88 Å². The molecule has 4 nitrogen and oxygen atoms in total. The first-order valence-corrected chi connectivity index (χ1v) is 8.17. The molecule has 20 heavy (non-hydrogen) atoms. The van der Waals surface area contributed by atoms with Crippen LogP contribution in [0.2, 0.25) is 0 Å². The van der Waals surface area contributed by atoms with Gasteiger partial charge in [0, 0.05) is 0 Å². The predicted molar refractivity (Wildman–Crippen MR) is 81.6 cm³/mol. The quantitative estimate of drug-likeness (QED) is 0.789. The van der Waals surface area contributed by atoms with Crippen molar-refractivity contribution in [3.8, 4) is 0 Å². The van der Waals surface area contributed by atoms with Crippen LogP contribution in [-0.2, 0) is 10.0 Å². The molecule has 112 valence electrons. The minimum atomic E-state index is -3.82. The van der Waals surface area contributed by atoms with Crippen molar-refractivity contribution in [3.05, 3.63) is 29.6 Å². The summed E-state index contributed by atoms with van der Waals surface area (Å²) in [4.78, 5) is 0.132. The van der Waals surface area contributed by atoms with Crippen molar-refractivity contribution >= 4 is 27.2 Å². The number of nitrogens with one attached hydrogen (secondary N) is 1. The van der Waals surface area contributed by atoms with E-state index in [0.29, 0.717) is 18.4 Å². The van der Waals surface area contributed by atoms with Crippen molar-refractivity contribution in [2.45, 2.75) is 44.0 Å². The second-order valence-electron chi connectivity index (χ2n) is 4.67. The average Bonchev–Trinajstić information content (AvgIpc) is 2.35. The maximum atomic E-state index is 13.1. The second-order valence-corrected chi connectivity index (χ2v) is 6.76. The number of benzene rings is 1. The Morgan fingerprint density at radius 1 is 1.40 bits per heavy atom. The Labute approximate surface area is 124 Å². The molecule has 0 atom stereocenters. The summed E-state index contributed by atoms with van der Waals surface area (Å²) in [6.07, 6.45) is 0.886. The lowest BCUT2D eigenvalue weighted by atomic mass is 9.94. The van der Waals surface area contributed by atoms with Gasteiger partial charge in [-0.15, -0.1) is 0 Å². The molecule has 0 aliphatic carbocycles. The van der Waals surface area contributed by atoms with Crippen molar-refractivity contribution < 1.29 is 12.8 Å². The van der Waals surface area contributed by atoms with Gasteiger partial charge < -0.3 is 5.73 Å². The molecule has 0 aromatic heterocycles. The molecule has 1 aromatic rings. The van der Waals surface area contributed by atoms with E-state index in [0.717, 1.165) is 6.07 Å². The number of thiocarbonyl (C=S) groups is 1. The molecule has 0 aliphatic rings. The summed E-state index contributed by atoms with van der Waals surface area (Å²) in [5.74, 6) is -0.479. The van der Waals surface area contributed by atoms with Crippen LogP contribution in [0.15, 0.2) is 23.1 Å². The van der Waals surface area contributed by atoms with Gasteiger partial charge in [0.25, 0.3) is 0 Å². The van der Waals surface area contributed by atoms with Crippen LogP contribution in [0, 0.1) is 12.7 Å². The van der Waals surface area contributed by atoms with E-state index in [1.807, 2.05) is 13.8 Å². The third-order valence-corrected chi connectivity index (χ3v) is 5.52. The molecule has 1 rings (SSSR count). The number of halogens is 1. The van der Waals surface area contributed by atoms with Crippen LogP contribution >= 0.6 is 12.2 Å². The summed E-state index contributed by atoms with van der Waals surface area (Å²) < 4.78 is 40.6. The van der Waals surface area contributed by atoms with Gasteiger partial charge in [0.2, 0.25) is 10.0 Å². The van der Waals surface area contributed by atoms with Crippen molar-refractivity contribution in [2.75, 3.05) is 0 Å². The molecule has 0 bridgehead atoms. The number of rotatable bonds is 6. The van der Waals surface area contributed by atoms with Crippen LogP contribution in [0.1, 0.15) is 32.3 Å². The van der Waals surface area contributed by atoms with E-state index in [2.05, 4.69) is 4.72 Å². The summed E-state index contributed by atoms with van der Waals surface area (Å²) in [7, 11) is -3.82. The summed E-state index contributed by atoms with van der Waals surface area (Å²) in [5.41, 5.74) is 5.06. The minimum absolute atomic E-state index is 0.0291. The molecule has 3 N–H and O–H groups in total. The molecule has 0 amide bonds. The predicted octanol–water partition coefficient (Wildman–Crippen LogP) is 2.26. The van der Waals surface area contributed by atoms with Gasteiger partial charge in [-0.2, -0.15) is 4.72 Å². The SMILES string of the molecule is CCC(CC)(NS(=O)(=O)c1ccc(F)cc1C)C(N)=S. The summed E-state index contributed by atoms with van der Waals surface area (Å²) in [5, 5.41) is 0. The van der Waals surface area contributed by atoms with Crippen LogP contribution in [0.5, 0.6) is 0 Å². The first-order valence-electron chi connectivity index (χ1n) is 6.28. The lowest BCUT2D eigenvalue weighted by molar-refractivity contribution is 0.465. The van der Waals surface area contributed by atoms with Gasteiger partial charge in [0.15, 0.2) is 0 Å². The Morgan fingerprint density at radius 3 is 2.35 bits per heavy atom. The number of hydrogen-bond acceptors (Lipinski definition) is 3. The Bertz CT molecular complexity index is 611. The van der Waals surface area contributed by atoms with E-state index in [4.69, 9.17) is 18.0 Å². The van der Waals surface area contributed by atoms with E-state index in [1.165, 1.54) is 19.1 Å². The smallest absolute Gasteiger partial charge is 0.241 e. The fourth-order valence-electron chi connectivity index (χ4n) is 2.02. The number of sulfonamides is 1. The maximum Gasteiger partial charge on any atom is 0.241 e. The lowest BCUT2D eigenvalue weighted by Gasteiger charge is -2.31. The molecule has 0 saturated heterocycles. The zero-order valence-electron chi connectivity index (χ0n) is 11.7. The first-order chi connectivity index (χ1) is 9.18. The van der Waals surface area contributed by atoms with Gasteiger partial charge in [-0.05, 0) is 43.5 Å². The summed E-state index contributed by atoms with van der Waals surface area (Å²) in [6.45, 7) is 5.16. The molecule has 0 radical (unpaired) electrons. The van der Waals surface area contributed by atoms with E-state index in [9.17, 15) is 12.8 Å². The highest BCUT2D eigenvalue weighted by molar-refractivity contribution is 7.89. The molecular formula is C13H19FN2O2S2. The monoisotopic (exact) mass is 318 g/mol. The van der Waals surface area contributed by atoms with Crippen molar-refractivity contribution in [1.82, 2.24) is 4.72 Å². The molecule has 0 saturated carbocycles. The fourth-order valence-corrected chi connectivity index (χ4v) is 4.18. The van der Waals surface area contributed by atoms with Crippen LogP contribution < -0.4 is 10.5 Å². The number of nitrogens with two attached hydrogens (primary N) is 1. The highest BCUT2D eigenvalue weighted by atomic mass is 32.2. The highest BCUT2D eigenvalue weighted by Gasteiger charge is 2.35. The molecule has 0 unspecified atom stereocenters. The molecule has 7 heteroatoms. The van der Waals surface area contributed by atoms with E-state index < -0.39 is 21.4 Å². The molecular weight excluding hydrogens is 299 g/mol. The lowest BCUT2D eigenvalue weighted by Crippen LogP contribution is -2.55. The highest BCUT2D eigenvalue weighted by Crippen LogP contribution is 2.22. The van der Waals surface area contributed by atoms with Gasteiger partial charge in [-0.1, -0.05) is 26.1 Å². The van der Waals surface area contributed by atoms with Crippen LogP contribution in [0.25, 0.3) is 0 Å². The average molecular weight is 318 g/mol. The van der Waals surface area contributed by atoms with Crippen molar-refractivity contribution in [3.63, 3.8) is 0 Å². The van der Waals surface area contributed by atoms with Crippen molar-refractivity contribution in [2.24, 2.45) is 5.73 Å². The van der Waals surface area contributed by atoms with Gasteiger partial charge in [0.1, 0.15) is 5.82 Å². The van der Waals surface area contributed by atoms with E-state index in [1.54, 1.807) is 0 Å². The Kier molecular flexibility index (Phi) is 5.23. The Morgan fingerprint density at radius 2 is 1.95 bits per heavy atom. The third kappa shape index (κ3) is 3.34. The number of aryl methyl sites for hydroxylation is 1. The van der Waals surface area contributed by atoms with Gasteiger partial charge in [-0.3, -0.25) is 0 Å². The maximum absolute atomic E-state index is 13.1. The van der Waals surface area contributed by atoms with Gasteiger partial charge in [-0.25, -0.2) is 12.8 Å². The molecule has 0 heterocycles.